The summed E-state index contributed by atoms with van der Waals surface area (Å²) in [6, 6.07) is 16.0. The minimum atomic E-state index is -0.278. The summed E-state index contributed by atoms with van der Waals surface area (Å²) in [6.07, 6.45) is 1.92. The molecular weight excluding hydrogens is 356 g/mol. The molecule has 6 heteroatoms. The van der Waals surface area contributed by atoms with Crippen LogP contribution in [0.3, 0.4) is 0 Å². The van der Waals surface area contributed by atoms with E-state index < -0.39 is 0 Å². The summed E-state index contributed by atoms with van der Waals surface area (Å²) in [4.78, 5) is 11.8. The van der Waals surface area contributed by atoms with Crippen molar-refractivity contribution in [1.29, 1.82) is 0 Å². The van der Waals surface area contributed by atoms with Gasteiger partial charge < -0.3 is 4.74 Å². The standard InChI is InChI=1S/C19H17ClN2O2S/c1-13-3-7-16(8-4-13)22-11-18(19(20)21-22)15-5-9-17(10-6-15)25-12-24-14(2)23/h3-11H,12H2,1-2H3. The third-order valence-corrected chi connectivity index (χ3v) is 4.74. The maximum absolute atomic E-state index is 10.8. The smallest absolute Gasteiger partial charge is 0.303 e. The van der Waals surface area contributed by atoms with Crippen molar-refractivity contribution >= 4 is 29.3 Å². The van der Waals surface area contributed by atoms with E-state index in [4.69, 9.17) is 16.3 Å². The van der Waals surface area contributed by atoms with Gasteiger partial charge in [-0.3, -0.25) is 4.79 Å². The molecular formula is C19H17ClN2O2S. The number of hydrogen-bond acceptors (Lipinski definition) is 4. The van der Waals surface area contributed by atoms with Crippen molar-refractivity contribution < 1.29 is 9.53 Å². The van der Waals surface area contributed by atoms with E-state index in [1.54, 1.807) is 4.68 Å². The van der Waals surface area contributed by atoms with Crippen LogP contribution in [-0.2, 0) is 9.53 Å². The van der Waals surface area contributed by atoms with Gasteiger partial charge >= 0.3 is 5.97 Å². The van der Waals surface area contributed by atoms with E-state index >= 15 is 0 Å². The van der Waals surface area contributed by atoms with Gasteiger partial charge in [-0.2, -0.15) is 5.10 Å². The molecule has 0 bridgehead atoms. The SMILES string of the molecule is CC(=O)OCSc1ccc(-c2cn(-c3ccc(C)cc3)nc2Cl)cc1. The number of hydrogen-bond donors (Lipinski definition) is 0. The predicted octanol–water partition coefficient (Wildman–Crippen LogP) is 5.11. The Kier molecular flexibility index (Phi) is 5.46. The van der Waals surface area contributed by atoms with Gasteiger partial charge in [0.2, 0.25) is 0 Å². The fourth-order valence-electron chi connectivity index (χ4n) is 2.29. The highest BCUT2D eigenvalue weighted by atomic mass is 35.5. The second-order valence-corrected chi connectivity index (χ2v) is 6.89. The van der Waals surface area contributed by atoms with Gasteiger partial charge in [0.1, 0.15) is 5.94 Å². The first-order chi connectivity index (χ1) is 12.0. The van der Waals surface area contributed by atoms with Crippen LogP contribution in [0.15, 0.2) is 59.6 Å². The number of halogens is 1. The van der Waals surface area contributed by atoms with E-state index in [2.05, 4.69) is 5.10 Å². The lowest BCUT2D eigenvalue weighted by molar-refractivity contribution is -0.138. The van der Waals surface area contributed by atoms with Crippen LogP contribution in [0.2, 0.25) is 5.15 Å². The van der Waals surface area contributed by atoms with Gasteiger partial charge in [-0.15, -0.1) is 0 Å². The average Bonchev–Trinajstić information content (AvgIpc) is 2.98. The number of esters is 1. The lowest BCUT2D eigenvalue weighted by Crippen LogP contribution is -1.96. The Morgan fingerprint density at radius 3 is 2.48 bits per heavy atom. The van der Waals surface area contributed by atoms with Crippen LogP contribution in [0.25, 0.3) is 16.8 Å². The van der Waals surface area contributed by atoms with E-state index in [1.807, 2.05) is 61.7 Å². The van der Waals surface area contributed by atoms with Gasteiger partial charge in [0.25, 0.3) is 0 Å². The van der Waals surface area contributed by atoms with Gasteiger partial charge in [0, 0.05) is 23.6 Å². The van der Waals surface area contributed by atoms with Crippen molar-refractivity contribution in [3.63, 3.8) is 0 Å². The Labute approximate surface area is 155 Å². The second-order valence-electron chi connectivity index (χ2n) is 5.54. The van der Waals surface area contributed by atoms with Gasteiger partial charge in [-0.1, -0.05) is 53.2 Å². The zero-order valence-electron chi connectivity index (χ0n) is 13.9. The summed E-state index contributed by atoms with van der Waals surface area (Å²) in [5.74, 6) is 0.0280. The number of carbonyl (C=O) groups is 1. The highest BCUT2D eigenvalue weighted by Gasteiger charge is 2.10. The van der Waals surface area contributed by atoms with Crippen molar-refractivity contribution in [2.75, 3.05) is 5.94 Å². The molecule has 0 radical (unpaired) electrons. The maximum atomic E-state index is 10.8. The molecule has 2 aromatic carbocycles. The largest absolute Gasteiger partial charge is 0.454 e. The molecule has 0 spiro atoms. The van der Waals surface area contributed by atoms with Gasteiger partial charge in [0.15, 0.2) is 5.15 Å². The monoisotopic (exact) mass is 372 g/mol. The summed E-state index contributed by atoms with van der Waals surface area (Å²) in [5.41, 5.74) is 4.02. The van der Waals surface area contributed by atoms with Gasteiger partial charge in [0.05, 0.1) is 5.69 Å². The molecule has 0 amide bonds. The van der Waals surface area contributed by atoms with Crippen molar-refractivity contribution in [1.82, 2.24) is 9.78 Å². The van der Waals surface area contributed by atoms with E-state index in [0.29, 0.717) is 11.1 Å². The van der Waals surface area contributed by atoms with Gasteiger partial charge in [-0.25, -0.2) is 4.68 Å². The molecule has 4 nitrogen and oxygen atoms in total. The topological polar surface area (TPSA) is 44.1 Å². The van der Waals surface area contributed by atoms with E-state index in [-0.39, 0.29) is 5.97 Å². The van der Waals surface area contributed by atoms with Crippen molar-refractivity contribution in [3.8, 4) is 16.8 Å². The number of nitrogens with zero attached hydrogens (tertiary/aromatic N) is 2. The summed E-state index contributed by atoms with van der Waals surface area (Å²) in [7, 11) is 0. The Hall–Kier alpha value is -2.24. The molecule has 0 fully saturated rings. The van der Waals surface area contributed by atoms with E-state index in [9.17, 15) is 4.79 Å². The number of thioether (sulfide) groups is 1. The van der Waals surface area contributed by atoms with Crippen molar-refractivity contribution in [2.45, 2.75) is 18.7 Å². The fraction of sp³-hybridized carbons (Fsp3) is 0.158. The summed E-state index contributed by atoms with van der Waals surface area (Å²) < 4.78 is 6.71. The molecule has 0 unspecified atom stereocenters. The quantitative estimate of drug-likeness (QED) is 0.354. The van der Waals surface area contributed by atoms with Crippen molar-refractivity contribution in [2.24, 2.45) is 0 Å². The van der Waals surface area contributed by atoms with E-state index in [1.165, 1.54) is 24.2 Å². The zero-order valence-corrected chi connectivity index (χ0v) is 15.5. The Balaban J connectivity index is 1.77. The molecule has 25 heavy (non-hydrogen) atoms. The lowest BCUT2D eigenvalue weighted by atomic mass is 10.1. The van der Waals surface area contributed by atoms with Crippen LogP contribution < -0.4 is 0 Å². The summed E-state index contributed by atoms with van der Waals surface area (Å²) in [6.45, 7) is 3.45. The first kappa shape index (κ1) is 17.6. The van der Waals surface area contributed by atoms with Crippen LogP contribution in [0, 0.1) is 6.92 Å². The molecule has 3 rings (SSSR count). The molecule has 1 aromatic heterocycles. The highest BCUT2D eigenvalue weighted by molar-refractivity contribution is 7.99. The average molecular weight is 373 g/mol. The number of carbonyl (C=O) groups excluding carboxylic acids is 1. The fourth-order valence-corrected chi connectivity index (χ4v) is 3.22. The van der Waals surface area contributed by atoms with Crippen LogP contribution in [0.4, 0.5) is 0 Å². The Morgan fingerprint density at radius 2 is 1.84 bits per heavy atom. The Morgan fingerprint density at radius 1 is 1.16 bits per heavy atom. The number of aryl methyl sites for hydroxylation is 1. The molecule has 0 aliphatic carbocycles. The third kappa shape index (κ3) is 4.44. The first-order valence-corrected chi connectivity index (χ1v) is 9.08. The Bertz CT molecular complexity index is 873. The number of aromatic nitrogens is 2. The van der Waals surface area contributed by atoms with Crippen LogP contribution in [-0.4, -0.2) is 21.7 Å². The summed E-state index contributed by atoms with van der Waals surface area (Å²) in [5, 5.41) is 4.86. The van der Waals surface area contributed by atoms with Gasteiger partial charge in [-0.05, 0) is 36.8 Å². The molecule has 0 N–H and O–H groups in total. The molecule has 128 valence electrons. The normalized spacial score (nSPS) is 10.7. The van der Waals surface area contributed by atoms with Crippen LogP contribution in [0.1, 0.15) is 12.5 Å². The number of benzene rings is 2. The minimum Gasteiger partial charge on any atom is -0.454 e. The van der Waals surface area contributed by atoms with Crippen LogP contribution >= 0.6 is 23.4 Å². The molecule has 0 aliphatic heterocycles. The first-order valence-electron chi connectivity index (χ1n) is 7.72. The number of rotatable bonds is 5. The van der Waals surface area contributed by atoms with E-state index in [0.717, 1.165) is 21.7 Å². The molecule has 1 heterocycles. The molecule has 0 aliphatic rings. The molecule has 0 saturated carbocycles. The molecule has 0 saturated heterocycles. The third-order valence-electron chi connectivity index (χ3n) is 3.62. The highest BCUT2D eigenvalue weighted by Crippen LogP contribution is 2.30. The number of ether oxygens (including phenoxy) is 1. The minimum absolute atomic E-state index is 0.278. The second kappa shape index (κ2) is 7.76. The molecule has 0 atom stereocenters. The summed E-state index contributed by atoms with van der Waals surface area (Å²) >= 11 is 7.79. The lowest BCUT2D eigenvalue weighted by Gasteiger charge is -2.04. The van der Waals surface area contributed by atoms with Crippen LogP contribution in [0.5, 0.6) is 0 Å². The zero-order chi connectivity index (χ0) is 17.8. The maximum Gasteiger partial charge on any atom is 0.303 e. The molecule has 3 aromatic rings. The van der Waals surface area contributed by atoms with Crippen molar-refractivity contribution in [3.05, 3.63) is 65.4 Å². The predicted molar refractivity (Wildman–Crippen MR) is 101 cm³/mol.